The van der Waals surface area contributed by atoms with Crippen molar-refractivity contribution in [2.24, 2.45) is 0 Å². The Labute approximate surface area is 130 Å². The summed E-state index contributed by atoms with van der Waals surface area (Å²) in [6.45, 7) is 0.629. The van der Waals surface area contributed by atoms with E-state index in [1.165, 1.54) is 28.7 Å². The quantitative estimate of drug-likeness (QED) is 0.663. The van der Waals surface area contributed by atoms with Crippen LogP contribution in [-0.2, 0) is 6.42 Å². The van der Waals surface area contributed by atoms with E-state index in [1.807, 2.05) is 6.07 Å². The molecule has 3 nitrogen and oxygen atoms in total. The van der Waals surface area contributed by atoms with Gasteiger partial charge in [0.2, 0.25) is 5.91 Å². The summed E-state index contributed by atoms with van der Waals surface area (Å²) in [7, 11) is 0. The van der Waals surface area contributed by atoms with Crippen LogP contribution in [0.3, 0.4) is 0 Å². The molecule has 1 aliphatic carbocycles. The van der Waals surface area contributed by atoms with Gasteiger partial charge in [0.1, 0.15) is 0 Å². The first kappa shape index (κ1) is 14.9. The molecule has 3 rings (SSSR count). The van der Waals surface area contributed by atoms with Crippen molar-refractivity contribution in [2.75, 3.05) is 12.3 Å². The molecule has 0 saturated carbocycles. The molecule has 1 saturated heterocycles. The Morgan fingerprint density at radius 2 is 2.00 bits per heavy atom. The molecule has 1 aromatic carbocycles. The highest BCUT2D eigenvalue weighted by Crippen LogP contribution is 2.34. The van der Waals surface area contributed by atoms with Gasteiger partial charge in [-0.15, -0.1) is 0 Å². The number of hydrogen-bond acceptors (Lipinski definition) is 4. The van der Waals surface area contributed by atoms with Gasteiger partial charge >= 0.3 is 0 Å². The maximum atomic E-state index is 9.90. The predicted molar refractivity (Wildman–Crippen MR) is 86.5 cm³/mol. The Morgan fingerprint density at radius 1 is 1.19 bits per heavy atom. The van der Waals surface area contributed by atoms with Gasteiger partial charge in [-0.25, -0.2) is 0 Å². The average Bonchev–Trinajstić information content (AvgIpc) is 2.79. The van der Waals surface area contributed by atoms with Crippen LogP contribution in [0.4, 0.5) is 0 Å². The minimum Gasteiger partial charge on any atom is -0.353 e. The molecule has 0 bridgehead atoms. The second kappa shape index (κ2) is 6.36. The molecule has 1 heterocycles. The van der Waals surface area contributed by atoms with Gasteiger partial charge in [0.25, 0.3) is 0 Å². The fourth-order valence-corrected chi connectivity index (χ4v) is 3.93. The second-order valence-corrected chi connectivity index (χ2v) is 6.78. The zero-order chi connectivity index (χ0) is 14.7. The SMILES string of the molecule is OC1(O)CCSN1CC1=CC(Cc2ccccc2)=CCC1. The first-order valence-corrected chi connectivity index (χ1v) is 8.35. The van der Waals surface area contributed by atoms with Crippen molar-refractivity contribution in [1.82, 2.24) is 4.31 Å². The van der Waals surface area contributed by atoms with Crippen molar-refractivity contribution in [2.45, 2.75) is 31.6 Å². The zero-order valence-electron chi connectivity index (χ0n) is 12.0. The second-order valence-electron chi connectivity index (χ2n) is 5.68. The van der Waals surface area contributed by atoms with E-state index in [9.17, 15) is 10.2 Å². The molecule has 1 aliphatic heterocycles. The van der Waals surface area contributed by atoms with Crippen molar-refractivity contribution in [3.05, 3.63) is 59.2 Å². The van der Waals surface area contributed by atoms with Crippen LogP contribution in [0.25, 0.3) is 0 Å². The van der Waals surface area contributed by atoms with E-state index in [-0.39, 0.29) is 0 Å². The van der Waals surface area contributed by atoms with Gasteiger partial charge in [0, 0.05) is 18.7 Å². The van der Waals surface area contributed by atoms with Crippen LogP contribution in [0, 0.1) is 0 Å². The molecule has 21 heavy (non-hydrogen) atoms. The molecule has 0 spiro atoms. The van der Waals surface area contributed by atoms with Crippen LogP contribution in [-0.4, -0.2) is 32.7 Å². The average molecular weight is 303 g/mol. The van der Waals surface area contributed by atoms with E-state index in [4.69, 9.17) is 0 Å². The van der Waals surface area contributed by atoms with Crippen LogP contribution in [0.2, 0.25) is 0 Å². The lowest BCUT2D eigenvalue weighted by Crippen LogP contribution is -2.41. The monoisotopic (exact) mass is 303 g/mol. The van der Waals surface area contributed by atoms with Gasteiger partial charge in [0.15, 0.2) is 0 Å². The van der Waals surface area contributed by atoms with Gasteiger partial charge < -0.3 is 10.2 Å². The Bertz CT molecular complexity index is 551. The molecule has 2 aliphatic rings. The van der Waals surface area contributed by atoms with Gasteiger partial charge in [-0.1, -0.05) is 60.0 Å². The van der Waals surface area contributed by atoms with E-state index >= 15 is 0 Å². The normalized spacial score (nSPS) is 22.0. The number of rotatable bonds is 4. The molecule has 1 aromatic rings. The summed E-state index contributed by atoms with van der Waals surface area (Å²) in [4.78, 5) is 0. The van der Waals surface area contributed by atoms with E-state index in [0.29, 0.717) is 13.0 Å². The van der Waals surface area contributed by atoms with Gasteiger partial charge in [-0.2, -0.15) is 4.31 Å². The maximum Gasteiger partial charge on any atom is 0.235 e. The van der Waals surface area contributed by atoms with Crippen LogP contribution in [0.15, 0.2) is 53.6 Å². The smallest absolute Gasteiger partial charge is 0.235 e. The molecule has 0 atom stereocenters. The number of benzene rings is 1. The number of nitrogens with zero attached hydrogens (tertiary/aromatic N) is 1. The van der Waals surface area contributed by atoms with E-state index in [0.717, 1.165) is 25.0 Å². The predicted octanol–water partition coefficient (Wildman–Crippen LogP) is 2.87. The fraction of sp³-hybridized carbons (Fsp3) is 0.412. The first-order chi connectivity index (χ1) is 10.1. The summed E-state index contributed by atoms with van der Waals surface area (Å²) in [5.41, 5.74) is 3.92. The van der Waals surface area contributed by atoms with Crippen molar-refractivity contribution in [3.8, 4) is 0 Å². The molecule has 0 aromatic heterocycles. The molecule has 0 unspecified atom stereocenters. The molecule has 0 radical (unpaired) electrons. The lowest BCUT2D eigenvalue weighted by Gasteiger charge is -2.28. The molecular weight excluding hydrogens is 282 g/mol. The van der Waals surface area contributed by atoms with Crippen molar-refractivity contribution in [3.63, 3.8) is 0 Å². The molecule has 4 heteroatoms. The first-order valence-electron chi connectivity index (χ1n) is 7.41. The standard InChI is InChI=1S/C17H21NO2S/c19-17(20)9-10-21-18(17)13-16-8-4-7-15(12-16)11-14-5-2-1-3-6-14/h1-3,5-7,12,19-20H,4,8-11,13H2. The highest BCUT2D eigenvalue weighted by molar-refractivity contribution is 7.97. The Hall–Kier alpha value is -1.07. The third-order valence-electron chi connectivity index (χ3n) is 3.94. The van der Waals surface area contributed by atoms with Crippen LogP contribution < -0.4 is 0 Å². The van der Waals surface area contributed by atoms with Crippen LogP contribution in [0.5, 0.6) is 0 Å². The third-order valence-corrected chi connectivity index (χ3v) is 5.06. The number of hydrogen-bond donors (Lipinski definition) is 2. The Balaban J connectivity index is 1.65. The molecule has 2 N–H and O–H groups in total. The highest BCUT2D eigenvalue weighted by atomic mass is 32.2. The summed E-state index contributed by atoms with van der Waals surface area (Å²) < 4.78 is 1.70. The lowest BCUT2D eigenvalue weighted by molar-refractivity contribution is -0.221. The summed E-state index contributed by atoms with van der Waals surface area (Å²) in [6, 6.07) is 10.5. The molecule has 0 amide bonds. The van der Waals surface area contributed by atoms with Crippen molar-refractivity contribution >= 4 is 11.9 Å². The Morgan fingerprint density at radius 3 is 2.71 bits per heavy atom. The largest absolute Gasteiger partial charge is 0.353 e. The maximum absolute atomic E-state index is 9.90. The summed E-state index contributed by atoms with van der Waals surface area (Å²) >= 11 is 1.52. The van der Waals surface area contributed by atoms with Crippen molar-refractivity contribution < 1.29 is 10.2 Å². The number of aliphatic hydroxyl groups is 2. The van der Waals surface area contributed by atoms with Crippen LogP contribution >= 0.6 is 11.9 Å². The van der Waals surface area contributed by atoms with Gasteiger partial charge in [-0.3, -0.25) is 0 Å². The molecular formula is C17H21NO2S. The van der Waals surface area contributed by atoms with E-state index in [1.54, 1.807) is 4.31 Å². The van der Waals surface area contributed by atoms with Gasteiger partial charge in [-0.05, 0) is 30.4 Å². The topological polar surface area (TPSA) is 43.7 Å². The molecule has 1 fully saturated rings. The summed E-state index contributed by atoms with van der Waals surface area (Å²) in [5.74, 6) is -0.876. The summed E-state index contributed by atoms with van der Waals surface area (Å²) in [5, 5.41) is 19.8. The highest BCUT2D eigenvalue weighted by Gasteiger charge is 2.38. The Kier molecular flexibility index (Phi) is 4.50. The number of allylic oxidation sites excluding steroid dienone is 3. The fourth-order valence-electron chi connectivity index (χ4n) is 2.79. The minimum atomic E-state index is -1.65. The van der Waals surface area contributed by atoms with E-state index < -0.39 is 5.91 Å². The van der Waals surface area contributed by atoms with Crippen LogP contribution in [0.1, 0.15) is 24.8 Å². The van der Waals surface area contributed by atoms with Gasteiger partial charge in [0.05, 0.1) is 0 Å². The van der Waals surface area contributed by atoms with Crippen molar-refractivity contribution in [1.29, 1.82) is 0 Å². The lowest BCUT2D eigenvalue weighted by atomic mass is 9.95. The minimum absolute atomic E-state index is 0.414. The molecule has 112 valence electrons. The zero-order valence-corrected chi connectivity index (χ0v) is 12.9. The summed E-state index contributed by atoms with van der Waals surface area (Å²) in [6.07, 6.45) is 7.92. The third kappa shape index (κ3) is 3.77. The van der Waals surface area contributed by atoms with E-state index in [2.05, 4.69) is 36.4 Å².